The van der Waals surface area contributed by atoms with Crippen LogP contribution in [0, 0.1) is 11.3 Å². The van der Waals surface area contributed by atoms with Crippen LogP contribution in [-0.4, -0.2) is 11.8 Å². The van der Waals surface area contributed by atoms with Crippen molar-refractivity contribution in [3.8, 4) is 0 Å². The maximum atomic E-state index is 11.7. The Morgan fingerprint density at radius 3 is 3.07 bits per heavy atom. The number of allylic oxidation sites excluding steroid dienone is 1. The zero-order chi connectivity index (χ0) is 10.2. The molecule has 0 radical (unpaired) electrons. The van der Waals surface area contributed by atoms with Gasteiger partial charge in [-0.3, -0.25) is 14.9 Å². The van der Waals surface area contributed by atoms with Gasteiger partial charge in [-0.25, -0.2) is 0 Å². The van der Waals surface area contributed by atoms with Gasteiger partial charge in [0.25, 0.3) is 0 Å². The first-order valence-corrected chi connectivity index (χ1v) is 5.23. The Morgan fingerprint density at radius 2 is 2.36 bits per heavy atom. The van der Waals surface area contributed by atoms with Gasteiger partial charge in [-0.05, 0) is 19.3 Å². The molecule has 0 saturated carbocycles. The Hall–Kier alpha value is -1.12. The molecule has 0 aromatic carbocycles. The zero-order valence-corrected chi connectivity index (χ0v) is 8.38. The second kappa shape index (κ2) is 3.23. The number of nitrogens with one attached hydrogen (secondary N) is 1. The summed E-state index contributed by atoms with van der Waals surface area (Å²) in [6, 6.07) is 0. The molecular formula is C11H15NO2. The highest BCUT2D eigenvalue weighted by Gasteiger charge is 2.53. The van der Waals surface area contributed by atoms with Crippen LogP contribution in [0.2, 0.25) is 0 Å². The summed E-state index contributed by atoms with van der Waals surface area (Å²) < 4.78 is 0. The van der Waals surface area contributed by atoms with Gasteiger partial charge >= 0.3 is 0 Å². The topological polar surface area (TPSA) is 46.2 Å². The van der Waals surface area contributed by atoms with Crippen molar-refractivity contribution in [1.29, 1.82) is 0 Å². The minimum absolute atomic E-state index is 0.0761. The lowest BCUT2D eigenvalue weighted by Crippen LogP contribution is -2.34. The predicted molar refractivity (Wildman–Crippen MR) is 52.4 cm³/mol. The van der Waals surface area contributed by atoms with Crippen molar-refractivity contribution in [1.82, 2.24) is 5.32 Å². The van der Waals surface area contributed by atoms with Gasteiger partial charge in [0.05, 0.1) is 11.3 Å². The normalized spacial score (nSPS) is 35.6. The van der Waals surface area contributed by atoms with Crippen molar-refractivity contribution in [2.45, 2.75) is 32.6 Å². The minimum Gasteiger partial charge on any atom is -0.295 e. The van der Waals surface area contributed by atoms with Gasteiger partial charge in [-0.1, -0.05) is 25.5 Å². The molecule has 0 spiro atoms. The molecule has 1 fully saturated rings. The number of rotatable bonds is 2. The predicted octanol–water partition coefficient (Wildman–Crippen LogP) is 1.40. The standard InChI is InChI=1S/C11H15NO2/c1-2-6-11-7-4-3-5-8(11)9(13)12-10(11)14/h4,7-8H,2-3,5-6H2,1H3,(H,12,13,14). The first-order valence-electron chi connectivity index (χ1n) is 5.23. The molecule has 2 aliphatic rings. The van der Waals surface area contributed by atoms with Gasteiger partial charge in [0, 0.05) is 0 Å². The highest BCUT2D eigenvalue weighted by atomic mass is 16.2. The van der Waals surface area contributed by atoms with Crippen LogP contribution in [0.4, 0.5) is 0 Å². The summed E-state index contributed by atoms with van der Waals surface area (Å²) in [6.45, 7) is 2.05. The van der Waals surface area contributed by atoms with E-state index in [0.29, 0.717) is 0 Å². The van der Waals surface area contributed by atoms with E-state index < -0.39 is 5.41 Å². The molecule has 0 aromatic heterocycles. The van der Waals surface area contributed by atoms with E-state index in [9.17, 15) is 9.59 Å². The van der Waals surface area contributed by atoms with Crippen molar-refractivity contribution < 1.29 is 9.59 Å². The Morgan fingerprint density at radius 1 is 1.57 bits per heavy atom. The molecular weight excluding hydrogens is 178 g/mol. The molecule has 1 N–H and O–H groups in total. The monoisotopic (exact) mass is 193 g/mol. The summed E-state index contributed by atoms with van der Waals surface area (Å²) >= 11 is 0. The summed E-state index contributed by atoms with van der Waals surface area (Å²) in [5, 5.41) is 2.46. The number of hydrogen-bond donors (Lipinski definition) is 1. The van der Waals surface area contributed by atoms with Crippen molar-refractivity contribution in [3.05, 3.63) is 12.2 Å². The minimum atomic E-state index is -0.510. The van der Waals surface area contributed by atoms with Crippen LogP contribution < -0.4 is 5.32 Å². The molecule has 2 amide bonds. The highest BCUT2D eigenvalue weighted by Crippen LogP contribution is 2.44. The molecule has 0 aromatic rings. The van der Waals surface area contributed by atoms with Crippen LogP contribution in [-0.2, 0) is 9.59 Å². The number of hydrogen-bond acceptors (Lipinski definition) is 2. The molecule has 3 heteroatoms. The quantitative estimate of drug-likeness (QED) is 0.532. The van der Waals surface area contributed by atoms with Crippen LogP contribution in [0.1, 0.15) is 32.6 Å². The second-order valence-corrected chi connectivity index (χ2v) is 4.14. The molecule has 0 bridgehead atoms. The molecule has 14 heavy (non-hydrogen) atoms. The summed E-state index contributed by atoms with van der Waals surface area (Å²) in [6.07, 6.45) is 7.42. The summed E-state index contributed by atoms with van der Waals surface area (Å²) in [7, 11) is 0. The maximum absolute atomic E-state index is 11.7. The average molecular weight is 193 g/mol. The SMILES string of the molecule is CCCC12C=CCCC1C(=O)NC2=O. The van der Waals surface area contributed by atoms with Crippen LogP contribution in [0.5, 0.6) is 0 Å². The maximum Gasteiger partial charge on any atom is 0.237 e. The van der Waals surface area contributed by atoms with E-state index >= 15 is 0 Å². The second-order valence-electron chi connectivity index (χ2n) is 4.14. The Kier molecular flexibility index (Phi) is 2.17. The highest BCUT2D eigenvalue weighted by molar-refractivity contribution is 6.08. The number of amides is 2. The Labute approximate surface area is 83.6 Å². The van der Waals surface area contributed by atoms with Crippen molar-refractivity contribution in [3.63, 3.8) is 0 Å². The summed E-state index contributed by atoms with van der Waals surface area (Å²) in [5.41, 5.74) is -0.510. The molecule has 1 aliphatic carbocycles. The summed E-state index contributed by atoms with van der Waals surface area (Å²) in [5.74, 6) is -0.280. The van der Waals surface area contributed by atoms with Gasteiger partial charge in [-0.2, -0.15) is 0 Å². The lowest BCUT2D eigenvalue weighted by molar-refractivity contribution is -0.127. The third-order valence-electron chi connectivity index (χ3n) is 3.30. The fraction of sp³-hybridized carbons (Fsp3) is 0.636. The smallest absolute Gasteiger partial charge is 0.237 e. The fourth-order valence-corrected chi connectivity index (χ4v) is 2.63. The molecule has 2 atom stereocenters. The first-order chi connectivity index (χ1) is 6.70. The van der Waals surface area contributed by atoms with Gasteiger partial charge < -0.3 is 0 Å². The van der Waals surface area contributed by atoms with Crippen LogP contribution in [0.3, 0.4) is 0 Å². The van der Waals surface area contributed by atoms with Crippen LogP contribution in [0.25, 0.3) is 0 Å². The Balaban J connectivity index is 2.39. The van der Waals surface area contributed by atoms with E-state index in [-0.39, 0.29) is 17.7 Å². The largest absolute Gasteiger partial charge is 0.295 e. The number of carbonyl (C=O) groups is 2. The lowest BCUT2D eigenvalue weighted by atomic mass is 9.69. The molecule has 2 rings (SSSR count). The Bertz CT molecular complexity index is 308. The van der Waals surface area contributed by atoms with E-state index in [2.05, 4.69) is 5.32 Å². The number of carbonyl (C=O) groups excluding carboxylic acids is 2. The third kappa shape index (κ3) is 1.11. The van der Waals surface area contributed by atoms with E-state index in [1.807, 2.05) is 19.1 Å². The first kappa shape index (κ1) is 9.44. The van der Waals surface area contributed by atoms with E-state index in [1.165, 1.54) is 0 Å². The number of fused-ring (bicyclic) bond motifs is 1. The molecule has 1 aliphatic heterocycles. The van der Waals surface area contributed by atoms with Gasteiger partial charge in [0.2, 0.25) is 11.8 Å². The molecule has 1 saturated heterocycles. The van der Waals surface area contributed by atoms with Gasteiger partial charge in [-0.15, -0.1) is 0 Å². The molecule has 1 heterocycles. The fourth-order valence-electron chi connectivity index (χ4n) is 2.63. The summed E-state index contributed by atoms with van der Waals surface area (Å²) in [4.78, 5) is 23.3. The van der Waals surface area contributed by atoms with Gasteiger partial charge in [0.15, 0.2) is 0 Å². The van der Waals surface area contributed by atoms with E-state index in [4.69, 9.17) is 0 Å². The van der Waals surface area contributed by atoms with Crippen molar-refractivity contribution >= 4 is 11.8 Å². The van der Waals surface area contributed by atoms with Crippen molar-refractivity contribution in [2.75, 3.05) is 0 Å². The van der Waals surface area contributed by atoms with E-state index in [0.717, 1.165) is 25.7 Å². The number of imide groups is 1. The van der Waals surface area contributed by atoms with Gasteiger partial charge in [0.1, 0.15) is 0 Å². The molecule has 3 nitrogen and oxygen atoms in total. The average Bonchev–Trinajstić information content (AvgIpc) is 2.41. The molecule has 76 valence electrons. The van der Waals surface area contributed by atoms with Crippen molar-refractivity contribution in [2.24, 2.45) is 11.3 Å². The van der Waals surface area contributed by atoms with Crippen LogP contribution >= 0.6 is 0 Å². The van der Waals surface area contributed by atoms with E-state index in [1.54, 1.807) is 0 Å². The zero-order valence-electron chi connectivity index (χ0n) is 8.38. The lowest BCUT2D eigenvalue weighted by Gasteiger charge is -2.30. The third-order valence-corrected chi connectivity index (χ3v) is 3.30. The molecule has 2 unspecified atom stereocenters. The van der Waals surface area contributed by atoms with Crippen LogP contribution in [0.15, 0.2) is 12.2 Å².